The SMILES string of the molecule is Cc1ccc(C(=O)N[C@H]([NH+]2C[C@@H](C)O[C@@H](C)C2)C(Cl)(Cl)Cl)cc1. The lowest BCUT2D eigenvalue weighted by atomic mass is 10.1. The zero-order chi connectivity index (χ0) is 17.2. The Bertz CT molecular complexity index is 535. The third-order valence-electron chi connectivity index (χ3n) is 3.89. The van der Waals surface area contributed by atoms with Crippen molar-refractivity contribution in [3.63, 3.8) is 0 Å². The summed E-state index contributed by atoms with van der Waals surface area (Å²) in [6.45, 7) is 7.25. The fourth-order valence-electron chi connectivity index (χ4n) is 2.89. The standard InChI is InChI=1S/C16H21Cl3N2O2/c1-10-4-6-13(7-5-10)14(22)20-15(16(17,18)19)21-8-11(2)23-12(3)9-21/h4-7,11-12,15H,8-9H2,1-3H3,(H,20,22)/p+1/t11-,12+,15-/m1/s1. The highest BCUT2D eigenvalue weighted by Crippen LogP contribution is 2.28. The van der Waals surface area contributed by atoms with E-state index in [4.69, 9.17) is 39.5 Å². The van der Waals surface area contributed by atoms with E-state index in [-0.39, 0.29) is 18.1 Å². The minimum Gasteiger partial charge on any atom is -0.364 e. The number of nitrogens with one attached hydrogen (secondary N) is 2. The van der Waals surface area contributed by atoms with Crippen LogP contribution in [0, 0.1) is 6.92 Å². The molecule has 1 amide bonds. The summed E-state index contributed by atoms with van der Waals surface area (Å²) in [7, 11) is 0. The van der Waals surface area contributed by atoms with Gasteiger partial charge in [0, 0.05) is 5.56 Å². The molecule has 1 aromatic carbocycles. The molecule has 1 unspecified atom stereocenters. The molecule has 0 aromatic heterocycles. The van der Waals surface area contributed by atoms with E-state index < -0.39 is 9.96 Å². The van der Waals surface area contributed by atoms with Gasteiger partial charge in [0.05, 0.1) is 0 Å². The smallest absolute Gasteiger partial charge is 0.262 e. The van der Waals surface area contributed by atoms with E-state index in [9.17, 15) is 4.79 Å². The van der Waals surface area contributed by atoms with Crippen molar-refractivity contribution in [2.24, 2.45) is 0 Å². The van der Waals surface area contributed by atoms with Gasteiger partial charge >= 0.3 is 0 Å². The lowest BCUT2D eigenvalue weighted by Gasteiger charge is -2.39. The topological polar surface area (TPSA) is 42.8 Å². The molecule has 2 N–H and O–H groups in total. The first kappa shape index (κ1) is 18.8. The monoisotopic (exact) mass is 379 g/mol. The van der Waals surface area contributed by atoms with Crippen molar-refractivity contribution in [2.75, 3.05) is 13.1 Å². The first-order valence-corrected chi connectivity index (χ1v) is 8.74. The van der Waals surface area contributed by atoms with Gasteiger partial charge in [0.25, 0.3) is 9.70 Å². The maximum atomic E-state index is 12.5. The van der Waals surface area contributed by atoms with Gasteiger partial charge in [-0.15, -0.1) is 0 Å². The highest BCUT2D eigenvalue weighted by atomic mass is 35.6. The van der Waals surface area contributed by atoms with Crippen molar-refractivity contribution in [3.8, 4) is 0 Å². The van der Waals surface area contributed by atoms with Crippen LogP contribution in [0.3, 0.4) is 0 Å². The van der Waals surface area contributed by atoms with Gasteiger partial charge in [-0.05, 0) is 32.9 Å². The van der Waals surface area contributed by atoms with Gasteiger partial charge in [-0.2, -0.15) is 0 Å². The van der Waals surface area contributed by atoms with E-state index >= 15 is 0 Å². The first-order valence-electron chi connectivity index (χ1n) is 7.61. The molecular weight excluding hydrogens is 359 g/mol. The second-order valence-corrected chi connectivity index (χ2v) is 8.51. The number of quaternary nitrogens is 1. The van der Waals surface area contributed by atoms with Crippen molar-refractivity contribution in [1.29, 1.82) is 0 Å². The molecule has 1 fully saturated rings. The quantitative estimate of drug-likeness (QED) is 0.789. The molecule has 1 aliphatic heterocycles. The predicted molar refractivity (Wildman–Crippen MR) is 93.4 cm³/mol. The summed E-state index contributed by atoms with van der Waals surface area (Å²) in [5, 5.41) is 2.88. The van der Waals surface area contributed by atoms with Crippen LogP contribution in [-0.2, 0) is 4.74 Å². The van der Waals surface area contributed by atoms with Crippen LogP contribution in [0.15, 0.2) is 24.3 Å². The van der Waals surface area contributed by atoms with Gasteiger partial charge < -0.3 is 9.64 Å². The molecule has 7 heteroatoms. The van der Waals surface area contributed by atoms with Crippen LogP contribution in [0.2, 0.25) is 0 Å². The molecule has 1 heterocycles. The third-order valence-corrected chi connectivity index (χ3v) is 4.54. The number of rotatable bonds is 3. The van der Waals surface area contributed by atoms with E-state index in [2.05, 4.69) is 5.32 Å². The maximum Gasteiger partial charge on any atom is 0.262 e. The van der Waals surface area contributed by atoms with Crippen LogP contribution in [0.4, 0.5) is 0 Å². The number of aryl methyl sites for hydroxylation is 1. The number of alkyl halides is 3. The summed E-state index contributed by atoms with van der Waals surface area (Å²) >= 11 is 18.4. The summed E-state index contributed by atoms with van der Waals surface area (Å²) in [6, 6.07) is 7.29. The molecule has 2 rings (SSSR count). The number of hydrogen-bond donors (Lipinski definition) is 2. The van der Waals surface area contributed by atoms with E-state index in [1.165, 1.54) is 0 Å². The number of amides is 1. The van der Waals surface area contributed by atoms with Gasteiger partial charge in [0.15, 0.2) is 0 Å². The molecule has 128 valence electrons. The van der Waals surface area contributed by atoms with Gasteiger partial charge in [-0.25, -0.2) is 0 Å². The average Bonchev–Trinajstić information content (AvgIpc) is 2.42. The zero-order valence-corrected chi connectivity index (χ0v) is 15.7. The number of benzene rings is 1. The number of carbonyl (C=O) groups is 1. The van der Waals surface area contributed by atoms with Gasteiger partial charge in [-0.1, -0.05) is 52.5 Å². The molecule has 4 nitrogen and oxygen atoms in total. The van der Waals surface area contributed by atoms with Crippen LogP contribution in [0.1, 0.15) is 29.8 Å². The molecule has 1 saturated heterocycles. The Morgan fingerprint density at radius 2 is 1.74 bits per heavy atom. The Balaban J connectivity index is 2.16. The summed E-state index contributed by atoms with van der Waals surface area (Å²) in [6.07, 6.45) is -0.560. The number of ether oxygens (including phenoxy) is 1. The highest BCUT2D eigenvalue weighted by Gasteiger charge is 2.44. The Kier molecular flexibility index (Phi) is 6.20. The van der Waals surface area contributed by atoms with Crippen molar-refractivity contribution in [3.05, 3.63) is 35.4 Å². The minimum atomic E-state index is -1.60. The summed E-state index contributed by atoms with van der Waals surface area (Å²) in [5.41, 5.74) is 1.63. The van der Waals surface area contributed by atoms with E-state index in [1.807, 2.05) is 32.9 Å². The van der Waals surface area contributed by atoms with Crippen LogP contribution in [0.25, 0.3) is 0 Å². The molecule has 0 saturated carbocycles. The number of halogens is 3. The van der Waals surface area contributed by atoms with E-state index in [0.717, 1.165) is 10.5 Å². The Morgan fingerprint density at radius 3 is 2.22 bits per heavy atom. The predicted octanol–water partition coefficient (Wildman–Crippen LogP) is 2.11. The second-order valence-electron chi connectivity index (χ2n) is 6.14. The minimum absolute atomic E-state index is 0.0416. The molecule has 4 atom stereocenters. The van der Waals surface area contributed by atoms with Gasteiger partial charge in [0.2, 0.25) is 6.17 Å². The number of carbonyl (C=O) groups excluding carboxylic acids is 1. The van der Waals surface area contributed by atoms with E-state index in [1.54, 1.807) is 12.1 Å². The zero-order valence-electron chi connectivity index (χ0n) is 13.4. The Labute approximate surface area is 152 Å². The van der Waals surface area contributed by atoms with Crippen LogP contribution >= 0.6 is 34.8 Å². The highest BCUT2D eigenvalue weighted by molar-refractivity contribution is 6.68. The number of hydrogen-bond acceptors (Lipinski definition) is 2. The van der Waals surface area contributed by atoms with Crippen molar-refractivity contribution in [2.45, 2.75) is 42.9 Å². The van der Waals surface area contributed by atoms with Gasteiger partial charge in [-0.3, -0.25) is 10.1 Å². The molecule has 23 heavy (non-hydrogen) atoms. The Morgan fingerprint density at radius 1 is 1.22 bits per heavy atom. The summed E-state index contributed by atoms with van der Waals surface area (Å²) in [5.74, 6) is -0.249. The maximum absolute atomic E-state index is 12.5. The van der Waals surface area contributed by atoms with Crippen molar-refractivity contribution >= 4 is 40.7 Å². The molecular formula is C16H22Cl3N2O2+. The lowest BCUT2D eigenvalue weighted by Crippen LogP contribution is -3.22. The fourth-order valence-corrected chi connectivity index (χ4v) is 3.51. The van der Waals surface area contributed by atoms with Crippen molar-refractivity contribution in [1.82, 2.24) is 5.32 Å². The molecule has 1 aromatic rings. The summed E-state index contributed by atoms with van der Waals surface area (Å²) < 4.78 is 4.11. The fraction of sp³-hybridized carbons (Fsp3) is 0.562. The second kappa shape index (κ2) is 7.58. The van der Waals surface area contributed by atoms with E-state index in [0.29, 0.717) is 18.7 Å². The normalized spacial score (nSPS) is 26.6. The van der Waals surface area contributed by atoms with Crippen LogP contribution < -0.4 is 10.2 Å². The number of morpholine rings is 1. The molecule has 0 bridgehead atoms. The van der Waals surface area contributed by atoms with Crippen LogP contribution in [0.5, 0.6) is 0 Å². The summed E-state index contributed by atoms with van der Waals surface area (Å²) in [4.78, 5) is 13.5. The molecule has 0 aliphatic carbocycles. The average molecular weight is 381 g/mol. The largest absolute Gasteiger partial charge is 0.364 e. The lowest BCUT2D eigenvalue weighted by molar-refractivity contribution is -0.941. The molecule has 1 aliphatic rings. The Hall–Kier alpha value is -0.520. The van der Waals surface area contributed by atoms with Crippen molar-refractivity contribution < 1.29 is 14.4 Å². The molecule has 0 spiro atoms. The molecule has 0 radical (unpaired) electrons. The van der Waals surface area contributed by atoms with Crippen LogP contribution in [-0.4, -0.2) is 41.2 Å². The third kappa shape index (κ3) is 5.23. The first-order chi connectivity index (χ1) is 10.7. The van der Waals surface area contributed by atoms with Gasteiger partial charge in [0.1, 0.15) is 25.3 Å².